The second-order valence-corrected chi connectivity index (χ2v) is 6.01. The van der Waals surface area contributed by atoms with Crippen molar-refractivity contribution in [2.75, 3.05) is 20.1 Å². The normalized spacial score (nSPS) is 15.1. The van der Waals surface area contributed by atoms with Crippen LogP contribution in [0.3, 0.4) is 0 Å². The molecule has 1 aromatic carbocycles. The van der Waals surface area contributed by atoms with Gasteiger partial charge in [-0.05, 0) is 58.3 Å². The van der Waals surface area contributed by atoms with Gasteiger partial charge >= 0.3 is 0 Å². The summed E-state index contributed by atoms with van der Waals surface area (Å²) in [5.41, 5.74) is 2.76. The Bertz CT molecular complexity index is 354. The molecule has 1 N–H and O–H groups in total. The molecule has 0 heterocycles. The molecule has 0 atom stereocenters. The Balaban J connectivity index is 1.51. The molecule has 1 fully saturated rings. The Morgan fingerprint density at radius 2 is 1.84 bits per heavy atom. The van der Waals surface area contributed by atoms with Crippen molar-refractivity contribution >= 4 is 0 Å². The summed E-state index contributed by atoms with van der Waals surface area (Å²) in [5.74, 6) is 0. The molecule has 0 aliphatic heterocycles. The molecule has 0 unspecified atom stereocenters. The molecule has 106 valence electrons. The first-order valence-corrected chi connectivity index (χ1v) is 7.71. The molecule has 19 heavy (non-hydrogen) atoms. The van der Waals surface area contributed by atoms with Crippen molar-refractivity contribution < 1.29 is 0 Å². The van der Waals surface area contributed by atoms with Crippen LogP contribution in [0.5, 0.6) is 0 Å². The Labute approximate surface area is 118 Å². The molecule has 2 heteroatoms. The third-order valence-electron chi connectivity index (χ3n) is 3.80. The highest BCUT2D eigenvalue weighted by Gasteiger charge is 2.19. The molecule has 0 radical (unpaired) electrons. The van der Waals surface area contributed by atoms with Crippen LogP contribution in [0.4, 0.5) is 0 Å². The van der Waals surface area contributed by atoms with E-state index in [1.165, 1.54) is 56.3 Å². The second kappa shape index (κ2) is 7.66. The molecule has 0 saturated heterocycles. The molecule has 1 saturated carbocycles. The van der Waals surface area contributed by atoms with E-state index >= 15 is 0 Å². The van der Waals surface area contributed by atoms with Crippen LogP contribution in [0.2, 0.25) is 0 Å². The quantitative estimate of drug-likeness (QED) is 0.685. The second-order valence-electron chi connectivity index (χ2n) is 6.01. The summed E-state index contributed by atoms with van der Waals surface area (Å²) in [5, 5.41) is 3.58. The van der Waals surface area contributed by atoms with Gasteiger partial charge in [-0.2, -0.15) is 0 Å². The number of aryl methyl sites for hydroxylation is 1. The largest absolute Gasteiger partial charge is 0.314 e. The van der Waals surface area contributed by atoms with E-state index in [-0.39, 0.29) is 0 Å². The molecule has 2 rings (SSSR count). The molecule has 1 aliphatic rings. The maximum absolute atomic E-state index is 3.58. The average molecular weight is 260 g/mol. The van der Waals surface area contributed by atoms with Gasteiger partial charge in [0.25, 0.3) is 0 Å². The van der Waals surface area contributed by atoms with Crippen molar-refractivity contribution in [3.8, 4) is 0 Å². The Morgan fingerprint density at radius 1 is 1.11 bits per heavy atom. The minimum Gasteiger partial charge on any atom is -0.314 e. The van der Waals surface area contributed by atoms with E-state index in [0.29, 0.717) is 0 Å². The van der Waals surface area contributed by atoms with Crippen LogP contribution in [-0.4, -0.2) is 31.1 Å². The van der Waals surface area contributed by atoms with Gasteiger partial charge < -0.3 is 10.2 Å². The van der Waals surface area contributed by atoms with Crippen molar-refractivity contribution in [1.82, 2.24) is 10.2 Å². The first kappa shape index (κ1) is 14.5. The van der Waals surface area contributed by atoms with Crippen LogP contribution in [-0.2, 0) is 6.54 Å². The van der Waals surface area contributed by atoms with Gasteiger partial charge in [0.05, 0.1) is 0 Å². The zero-order chi connectivity index (χ0) is 13.5. The average Bonchev–Trinajstić information content (AvgIpc) is 3.20. The SMILES string of the molecule is Cc1ccc(CN(C)CCCCCNC2CC2)cc1. The highest BCUT2D eigenvalue weighted by molar-refractivity contribution is 5.21. The van der Waals surface area contributed by atoms with Gasteiger partial charge in [0, 0.05) is 12.6 Å². The van der Waals surface area contributed by atoms with Gasteiger partial charge in [-0.15, -0.1) is 0 Å². The summed E-state index contributed by atoms with van der Waals surface area (Å²) in [4.78, 5) is 2.43. The van der Waals surface area contributed by atoms with Gasteiger partial charge in [0.2, 0.25) is 0 Å². The van der Waals surface area contributed by atoms with Crippen LogP contribution in [0, 0.1) is 6.92 Å². The maximum Gasteiger partial charge on any atom is 0.0230 e. The predicted octanol–water partition coefficient (Wildman–Crippen LogP) is 3.35. The number of rotatable bonds is 9. The van der Waals surface area contributed by atoms with Crippen molar-refractivity contribution in [2.45, 2.75) is 51.6 Å². The molecule has 2 nitrogen and oxygen atoms in total. The lowest BCUT2D eigenvalue weighted by molar-refractivity contribution is 0.317. The van der Waals surface area contributed by atoms with E-state index < -0.39 is 0 Å². The van der Waals surface area contributed by atoms with Gasteiger partial charge in [-0.3, -0.25) is 0 Å². The third-order valence-corrected chi connectivity index (χ3v) is 3.80. The van der Waals surface area contributed by atoms with Gasteiger partial charge in [-0.1, -0.05) is 36.2 Å². The minimum absolute atomic E-state index is 0.865. The lowest BCUT2D eigenvalue weighted by Crippen LogP contribution is -2.20. The standard InChI is InChI=1S/C17H28N2/c1-15-6-8-16(9-7-15)14-19(2)13-5-3-4-12-18-17-10-11-17/h6-9,17-18H,3-5,10-14H2,1-2H3. The number of hydrogen-bond acceptors (Lipinski definition) is 2. The van der Waals surface area contributed by atoms with Crippen molar-refractivity contribution in [1.29, 1.82) is 0 Å². The summed E-state index contributed by atoms with van der Waals surface area (Å²) in [6, 6.07) is 9.75. The maximum atomic E-state index is 3.58. The van der Waals surface area contributed by atoms with Crippen molar-refractivity contribution in [2.24, 2.45) is 0 Å². The van der Waals surface area contributed by atoms with Crippen LogP contribution >= 0.6 is 0 Å². The van der Waals surface area contributed by atoms with Crippen LogP contribution in [0.25, 0.3) is 0 Å². The third kappa shape index (κ3) is 6.22. The molecule has 0 spiro atoms. The minimum atomic E-state index is 0.865. The number of nitrogens with zero attached hydrogens (tertiary/aromatic N) is 1. The molecular formula is C17H28N2. The molecule has 0 bridgehead atoms. The van der Waals surface area contributed by atoms with E-state index in [1.807, 2.05) is 0 Å². The van der Waals surface area contributed by atoms with Crippen LogP contribution in [0.1, 0.15) is 43.2 Å². The van der Waals surface area contributed by atoms with Crippen molar-refractivity contribution in [3.63, 3.8) is 0 Å². The number of hydrogen-bond donors (Lipinski definition) is 1. The molecule has 1 aromatic rings. The zero-order valence-electron chi connectivity index (χ0n) is 12.5. The summed E-state index contributed by atoms with van der Waals surface area (Å²) < 4.78 is 0. The van der Waals surface area contributed by atoms with Gasteiger partial charge in [-0.25, -0.2) is 0 Å². The van der Waals surface area contributed by atoms with Crippen LogP contribution < -0.4 is 5.32 Å². The Kier molecular flexibility index (Phi) is 5.87. The number of nitrogens with one attached hydrogen (secondary N) is 1. The van der Waals surface area contributed by atoms with Gasteiger partial charge in [0.15, 0.2) is 0 Å². The first-order chi connectivity index (χ1) is 9.24. The summed E-state index contributed by atoms with van der Waals surface area (Å²) >= 11 is 0. The first-order valence-electron chi connectivity index (χ1n) is 7.71. The summed E-state index contributed by atoms with van der Waals surface area (Å²) in [7, 11) is 2.22. The Hall–Kier alpha value is -0.860. The topological polar surface area (TPSA) is 15.3 Å². The lowest BCUT2D eigenvalue weighted by atomic mass is 10.1. The fraction of sp³-hybridized carbons (Fsp3) is 0.647. The van der Waals surface area contributed by atoms with E-state index in [9.17, 15) is 0 Å². The summed E-state index contributed by atoms with van der Waals surface area (Å²) in [6.45, 7) is 5.63. The number of unbranched alkanes of at least 4 members (excludes halogenated alkanes) is 2. The zero-order valence-corrected chi connectivity index (χ0v) is 12.5. The molecule has 1 aliphatic carbocycles. The highest BCUT2D eigenvalue weighted by Crippen LogP contribution is 2.18. The monoisotopic (exact) mass is 260 g/mol. The lowest BCUT2D eigenvalue weighted by Gasteiger charge is -2.16. The number of benzene rings is 1. The van der Waals surface area contributed by atoms with E-state index in [0.717, 1.165) is 12.6 Å². The predicted molar refractivity (Wildman–Crippen MR) is 82.4 cm³/mol. The van der Waals surface area contributed by atoms with Gasteiger partial charge in [0.1, 0.15) is 0 Å². The summed E-state index contributed by atoms with van der Waals surface area (Å²) in [6.07, 6.45) is 6.79. The fourth-order valence-corrected chi connectivity index (χ4v) is 2.36. The molecule has 0 amide bonds. The smallest absolute Gasteiger partial charge is 0.0230 e. The van der Waals surface area contributed by atoms with E-state index in [2.05, 4.69) is 48.5 Å². The molecular weight excluding hydrogens is 232 g/mol. The molecule has 0 aromatic heterocycles. The Morgan fingerprint density at radius 3 is 2.53 bits per heavy atom. The van der Waals surface area contributed by atoms with Crippen molar-refractivity contribution in [3.05, 3.63) is 35.4 Å². The highest BCUT2D eigenvalue weighted by atomic mass is 15.1. The van der Waals surface area contributed by atoms with E-state index in [1.54, 1.807) is 0 Å². The van der Waals surface area contributed by atoms with Crippen LogP contribution in [0.15, 0.2) is 24.3 Å². The fourth-order valence-electron chi connectivity index (χ4n) is 2.36. The van der Waals surface area contributed by atoms with E-state index in [4.69, 9.17) is 0 Å².